The van der Waals surface area contributed by atoms with Gasteiger partial charge in [0, 0.05) is 23.4 Å². The summed E-state index contributed by atoms with van der Waals surface area (Å²) in [5, 5.41) is 5.94. The number of anilines is 2. The van der Waals surface area contributed by atoms with Crippen molar-refractivity contribution in [1.82, 2.24) is 4.90 Å². The third kappa shape index (κ3) is 5.43. The normalized spacial score (nSPS) is 21.8. The number of methoxy groups -OCH3 is 1. The van der Waals surface area contributed by atoms with Crippen molar-refractivity contribution in [3.63, 3.8) is 0 Å². The predicted octanol–water partition coefficient (Wildman–Crippen LogP) is 3.93. The zero-order valence-corrected chi connectivity index (χ0v) is 19.6. The summed E-state index contributed by atoms with van der Waals surface area (Å²) in [4.78, 5) is 39.0. The summed E-state index contributed by atoms with van der Waals surface area (Å²) in [5.74, 6) is -0.169. The van der Waals surface area contributed by atoms with Crippen molar-refractivity contribution in [3.8, 4) is 5.75 Å². The van der Waals surface area contributed by atoms with Gasteiger partial charge in [-0.25, -0.2) is 4.79 Å². The minimum atomic E-state index is -0.466. The summed E-state index contributed by atoms with van der Waals surface area (Å²) in [6.45, 7) is 0.231. The van der Waals surface area contributed by atoms with E-state index in [1.807, 2.05) is 0 Å². The van der Waals surface area contributed by atoms with Crippen molar-refractivity contribution in [2.75, 3.05) is 31.4 Å². The van der Waals surface area contributed by atoms with E-state index in [0.29, 0.717) is 40.6 Å². The Morgan fingerprint density at radius 1 is 1.15 bits per heavy atom. The van der Waals surface area contributed by atoms with Gasteiger partial charge in [-0.1, -0.05) is 17.7 Å². The Labute approximate surface area is 202 Å². The van der Waals surface area contributed by atoms with Gasteiger partial charge in [0.25, 0.3) is 5.91 Å². The average Bonchev–Trinajstić information content (AvgIpc) is 2.81. The van der Waals surface area contributed by atoms with Gasteiger partial charge < -0.3 is 29.7 Å². The molecule has 3 atom stereocenters. The molecule has 0 bridgehead atoms. The summed E-state index contributed by atoms with van der Waals surface area (Å²) < 4.78 is 16.8. The van der Waals surface area contributed by atoms with E-state index in [2.05, 4.69) is 10.6 Å². The van der Waals surface area contributed by atoms with E-state index >= 15 is 0 Å². The monoisotopic (exact) mass is 487 g/mol. The Bertz CT molecular complexity index is 1090. The molecule has 0 unspecified atom stereocenters. The molecule has 9 nitrogen and oxygen atoms in total. The van der Waals surface area contributed by atoms with Crippen LogP contribution in [0.3, 0.4) is 0 Å². The number of carbonyl (C=O) groups is 3. The molecule has 0 aliphatic carbocycles. The van der Waals surface area contributed by atoms with Crippen molar-refractivity contribution in [2.45, 2.75) is 37.5 Å². The highest BCUT2D eigenvalue weighted by Gasteiger charge is 2.39. The highest BCUT2D eigenvalue weighted by molar-refractivity contribution is 6.30. The van der Waals surface area contributed by atoms with Gasteiger partial charge >= 0.3 is 12.0 Å². The molecule has 4 rings (SSSR count). The zero-order valence-electron chi connectivity index (χ0n) is 18.9. The van der Waals surface area contributed by atoms with Crippen LogP contribution in [0.25, 0.3) is 0 Å². The van der Waals surface area contributed by atoms with Crippen LogP contribution in [0.15, 0.2) is 42.5 Å². The number of carbonyl (C=O) groups excluding carboxylic acids is 3. The molecule has 2 heterocycles. The van der Waals surface area contributed by atoms with E-state index in [1.165, 1.54) is 7.11 Å². The molecule has 0 radical (unpaired) electrons. The zero-order chi connectivity index (χ0) is 24.2. The van der Waals surface area contributed by atoms with Crippen molar-refractivity contribution >= 4 is 40.9 Å². The number of likely N-dealkylation sites (N-methyl/N-ethyl adjacent to an activating group) is 1. The van der Waals surface area contributed by atoms with Gasteiger partial charge in [-0.3, -0.25) is 9.59 Å². The first-order valence-electron chi connectivity index (χ1n) is 10.9. The number of hydrogen-bond acceptors (Lipinski definition) is 6. The van der Waals surface area contributed by atoms with Gasteiger partial charge in [0.15, 0.2) is 0 Å². The maximum absolute atomic E-state index is 13.3. The van der Waals surface area contributed by atoms with E-state index in [4.69, 9.17) is 25.8 Å². The molecule has 2 aliphatic heterocycles. The van der Waals surface area contributed by atoms with Crippen molar-refractivity contribution < 1.29 is 28.6 Å². The highest BCUT2D eigenvalue weighted by atomic mass is 35.5. The van der Waals surface area contributed by atoms with Crippen LogP contribution in [-0.4, -0.2) is 61.8 Å². The lowest BCUT2D eigenvalue weighted by Crippen LogP contribution is -2.53. The van der Waals surface area contributed by atoms with Crippen LogP contribution in [0.5, 0.6) is 5.75 Å². The van der Waals surface area contributed by atoms with E-state index in [9.17, 15) is 14.4 Å². The summed E-state index contributed by atoms with van der Waals surface area (Å²) >= 11 is 5.95. The molecule has 2 N–H and O–H groups in total. The molecule has 0 spiro atoms. The first-order chi connectivity index (χ1) is 16.3. The SMILES string of the molecule is COC(=O)C[C@@H]1CC[C@@H]2[C@H](COc3ccc(NC(=O)Nc4cccc(Cl)c4)cc3C(=O)N2C)O1. The summed E-state index contributed by atoms with van der Waals surface area (Å²) in [7, 11) is 3.07. The molecule has 1 fully saturated rings. The van der Waals surface area contributed by atoms with Crippen LogP contribution < -0.4 is 15.4 Å². The van der Waals surface area contributed by atoms with Crippen LogP contribution in [0.1, 0.15) is 29.6 Å². The van der Waals surface area contributed by atoms with E-state index in [1.54, 1.807) is 54.4 Å². The predicted molar refractivity (Wildman–Crippen MR) is 126 cm³/mol. The number of benzene rings is 2. The Hall–Kier alpha value is -3.30. The first kappa shape index (κ1) is 23.8. The quantitative estimate of drug-likeness (QED) is 0.633. The summed E-state index contributed by atoms with van der Waals surface area (Å²) in [5.41, 5.74) is 1.33. The van der Waals surface area contributed by atoms with Crippen LogP contribution in [0.4, 0.5) is 16.2 Å². The van der Waals surface area contributed by atoms with Gasteiger partial charge in [-0.2, -0.15) is 0 Å². The third-order valence-electron chi connectivity index (χ3n) is 5.97. The number of urea groups is 1. The third-order valence-corrected chi connectivity index (χ3v) is 6.21. The molecule has 1 saturated heterocycles. The number of hydrogen-bond donors (Lipinski definition) is 2. The number of nitrogens with one attached hydrogen (secondary N) is 2. The first-order valence-corrected chi connectivity index (χ1v) is 11.3. The fourth-order valence-corrected chi connectivity index (χ4v) is 4.42. The van der Waals surface area contributed by atoms with Crippen LogP contribution in [0, 0.1) is 0 Å². The number of ether oxygens (including phenoxy) is 3. The molecule has 0 aromatic heterocycles. The number of fused-ring (bicyclic) bond motifs is 2. The second-order valence-corrected chi connectivity index (χ2v) is 8.69. The number of halogens is 1. The van der Waals surface area contributed by atoms with Crippen molar-refractivity contribution in [3.05, 3.63) is 53.1 Å². The number of nitrogens with zero attached hydrogens (tertiary/aromatic N) is 1. The smallest absolute Gasteiger partial charge is 0.323 e. The lowest BCUT2D eigenvalue weighted by Gasteiger charge is -2.42. The molecule has 0 saturated carbocycles. The van der Waals surface area contributed by atoms with E-state index in [-0.39, 0.29) is 43.2 Å². The fourth-order valence-electron chi connectivity index (χ4n) is 4.23. The lowest BCUT2D eigenvalue weighted by molar-refractivity contribution is -0.151. The van der Waals surface area contributed by atoms with Gasteiger partial charge in [0.2, 0.25) is 0 Å². The maximum atomic E-state index is 13.3. The maximum Gasteiger partial charge on any atom is 0.323 e. The second kappa shape index (κ2) is 10.3. The average molecular weight is 488 g/mol. The molecule has 3 amide bonds. The van der Waals surface area contributed by atoms with E-state index in [0.717, 1.165) is 0 Å². The fraction of sp³-hybridized carbons (Fsp3) is 0.375. The van der Waals surface area contributed by atoms with Gasteiger partial charge in [0.1, 0.15) is 18.5 Å². The van der Waals surface area contributed by atoms with Crippen molar-refractivity contribution in [1.29, 1.82) is 0 Å². The summed E-state index contributed by atoms with van der Waals surface area (Å²) in [6.07, 6.45) is 0.829. The van der Waals surface area contributed by atoms with Crippen LogP contribution in [-0.2, 0) is 14.3 Å². The van der Waals surface area contributed by atoms with Gasteiger partial charge in [-0.05, 0) is 49.2 Å². The molecule has 2 aliphatic rings. The Kier molecular flexibility index (Phi) is 7.23. The molecule has 2 aromatic carbocycles. The lowest BCUT2D eigenvalue weighted by atomic mass is 9.94. The Morgan fingerprint density at radius 2 is 1.91 bits per heavy atom. The molecular weight excluding hydrogens is 462 g/mol. The molecular formula is C24H26ClN3O6. The molecule has 180 valence electrons. The highest BCUT2D eigenvalue weighted by Crippen LogP contribution is 2.32. The van der Waals surface area contributed by atoms with E-state index < -0.39 is 6.03 Å². The minimum Gasteiger partial charge on any atom is -0.490 e. The van der Waals surface area contributed by atoms with Gasteiger partial charge in [0.05, 0.1) is 31.2 Å². The molecule has 10 heteroatoms. The van der Waals surface area contributed by atoms with Crippen LogP contribution >= 0.6 is 11.6 Å². The summed E-state index contributed by atoms with van der Waals surface area (Å²) in [6, 6.07) is 11.0. The number of amides is 3. The number of esters is 1. The largest absolute Gasteiger partial charge is 0.490 e. The van der Waals surface area contributed by atoms with Crippen LogP contribution in [0.2, 0.25) is 5.02 Å². The molecule has 2 aromatic rings. The van der Waals surface area contributed by atoms with Crippen molar-refractivity contribution in [2.24, 2.45) is 0 Å². The standard InChI is InChI=1S/C24H26ClN3O6/c1-28-19-8-7-17(12-22(29)32-2)34-21(19)13-33-20-9-6-16(11-18(20)23(28)30)27-24(31)26-15-5-3-4-14(25)10-15/h3-6,9-11,17,19,21H,7-8,12-13H2,1-2H3,(H2,26,27,31)/t17-,19+,21-/m0/s1. The van der Waals surface area contributed by atoms with Gasteiger partial charge in [-0.15, -0.1) is 0 Å². The Morgan fingerprint density at radius 3 is 2.65 bits per heavy atom. The Balaban J connectivity index is 1.47. The molecule has 34 heavy (non-hydrogen) atoms. The minimum absolute atomic E-state index is 0.167. The number of rotatable bonds is 4. The topological polar surface area (TPSA) is 106 Å². The second-order valence-electron chi connectivity index (χ2n) is 8.25.